The van der Waals surface area contributed by atoms with E-state index in [9.17, 15) is 26.4 Å². The first kappa shape index (κ1) is 15.1. The predicted octanol–water partition coefficient (Wildman–Crippen LogP) is 1.62. The van der Waals surface area contributed by atoms with E-state index in [-0.39, 0.29) is 5.56 Å². The largest absolute Gasteiger partial charge is 0.534 e. The van der Waals surface area contributed by atoms with Gasteiger partial charge in [-0.15, -0.1) is 0 Å². The van der Waals surface area contributed by atoms with Crippen LogP contribution in [0.3, 0.4) is 0 Å². The number of aromatic carboxylic acids is 1. The van der Waals surface area contributed by atoms with Gasteiger partial charge in [0.2, 0.25) is 0 Å². The van der Waals surface area contributed by atoms with Crippen molar-refractivity contribution in [2.75, 3.05) is 7.11 Å². The number of hydrogen-bond acceptors (Lipinski definition) is 5. The summed E-state index contributed by atoms with van der Waals surface area (Å²) in [5.41, 5.74) is -5.89. The molecule has 0 bridgehead atoms. The van der Waals surface area contributed by atoms with Gasteiger partial charge in [-0.2, -0.15) is 21.6 Å². The van der Waals surface area contributed by atoms with E-state index >= 15 is 0 Å². The maximum Gasteiger partial charge on any atom is 0.534 e. The number of carbonyl (C=O) groups is 1. The topological polar surface area (TPSA) is 89.9 Å². The third-order valence-electron chi connectivity index (χ3n) is 1.89. The molecule has 0 aliphatic rings. The van der Waals surface area contributed by atoms with E-state index in [0.717, 1.165) is 25.3 Å². The van der Waals surface area contributed by atoms with Gasteiger partial charge in [0.1, 0.15) is 0 Å². The molecule has 10 heteroatoms. The molecule has 0 fully saturated rings. The van der Waals surface area contributed by atoms with Crippen molar-refractivity contribution in [3.63, 3.8) is 0 Å². The van der Waals surface area contributed by atoms with Gasteiger partial charge >= 0.3 is 21.6 Å². The highest BCUT2D eigenvalue weighted by Crippen LogP contribution is 2.33. The molecule has 1 rings (SSSR count). The molecule has 0 radical (unpaired) electrons. The Kier molecular flexibility index (Phi) is 3.94. The van der Waals surface area contributed by atoms with Gasteiger partial charge in [0.15, 0.2) is 11.5 Å². The molecule has 0 heterocycles. The molecule has 0 aliphatic heterocycles. The molecule has 0 saturated heterocycles. The number of carboxylic acids is 1. The zero-order valence-corrected chi connectivity index (χ0v) is 10.1. The monoisotopic (exact) mass is 300 g/mol. The van der Waals surface area contributed by atoms with E-state index in [4.69, 9.17) is 5.11 Å². The van der Waals surface area contributed by atoms with Crippen LogP contribution in [-0.4, -0.2) is 32.1 Å². The Balaban J connectivity index is 3.20. The molecule has 0 atom stereocenters. The van der Waals surface area contributed by atoms with Crippen molar-refractivity contribution >= 4 is 16.1 Å². The highest BCUT2D eigenvalue weighted by atomic mass is 32.2. The van der Waals surface area contributed by atoms with Crippen molar-refractivity contribution in [3.05, 3.63) is 23.8 Å². The van der Waals surface area contributed by atoms with Crippen LogP contribution in [0.4, 0.5) is 13.2 Å². The molecule has 1 aromatic carbocycles. The second-order valence-corrected chi connectivity index (χ2v) is 4.69. The number of carboxylic acid groups (broad SMARTS) is 1. The summed E-state index contributed by atoms with van der Waals surface area (Å²) < 4.78 is 66.3. The predicted molar refractivity (Wildman–Crippen MR) is 55.6 cm³/mol. The number of benzene rings is 1. The number of hydrogen-bond donors (Lipinski definition) is 1. The van der Waals surface area contributed by atoms with E-state index in [1.165, 1.54) is 0 Å². The lowest BCUT2D eigenvalue weighted by Crippen LogP contribution is -2.28. The third-order valence-corrected chi connectivity index (χ3v) is 2.86. The molecule has 0 saturated carbocycles. The Hall–Kier alpha value is -1.97. The third kappa shape index (κ3) is 3.28. The Bertz CT molecular complexity index is 592. The number of ether oxygens (including phenoxy) is 1. The first-order valence-electron chi connectivity index (χ1n) is 4.50. The average Bonchev–Trinajstić information content (AvgIpc) is 2.27. The minimum absolute atomic E-state index is 0.298. The second-order valence-electron chi connectivity index (χ2n) is 3.15. The molecule has 0 amide bonds. The standard InChI is InChI=1S/C9H7F3O6S/c1-17-7-4-5(8(13)14)2-3-6(7)18-19(15,16)9(10,11)12/h2-4H,1H3,(H,13,14). The van der Waals surface area contributed by atoms with E-state index in [1.54, 1.807) is 0 Å². The maximum absolute atomic E-state index is 12.1. The van der Waals surface area contributed by atoms with Crippen LogP contribution in [0.1, 0.15) is 10.4 Å². The first-order valence-corrected chi connectivity index (χ1v) is 5.91. The summed E-state index contributed by atoms with van der Waals surface area (Å²) in [5, 5.41) is 8.66. The van der Waals surface area contributed by atoms with Crippen LogP contribution < -0.4 is 8.92 Å². The van der Waals surface area contributed by atoms with Crippen LogP contribution in [0.2, 0.25) is 0 Å². The highest BCUT2D eigenvalue weighted by Gasteiger charge is 2.48. The lowest BCUT2D eigenvalue weighted by molar-refractivity contribution is -0.0500. The van der Waals surface area contributed by atoms with Gasteiger partial charge in [0.05, 0.1) is 12.7 Å². The lowest BCUT2D eigenvalue weighted by Gasteiger charge is -2.12. The van der Waals surface area contributed by atoms with Crippen molar-refractivity contribution in [2.45, 2.75) is 5.51 Å². The normalized spacial score (nSPS) is 12.0. The Labute approximate surface area is 105 Å². The first-order chi connectivity index (χ1) is 8.58. The number of methoxy groups -OCH3 is 1. The highest BCUT2D eigenvalue weighted by molar-refractivity contribution is 7.88. The van der Waals surface area contributed by atoms with Crippen LogP contribution in [0, 0.1) is 0 Å². The van der Waals surface area contributed by atoms with Crippen LogP contribution in [0.15, 0.2) is 18.2 Å². The summed E-state index contributed by atoms with van der Waals surface area (Å²) in [6.07, 6.45) is 0. The van der Waals surface area contributed by atoms with Crippen LogP contribution in [-0.2, 0) is 10.1 Å². The fourth-order valence-corrected chi connectivity index (χ4v) is 1.50. The van der Waals surface area contributed by atoms with Crippen molar-refractivity contribution in [3.8, 4) is 11.5 Å². The molecule has 0 aromatic heterocycles. The zero-order valence-electron chi connectivity index (χ0n) is 9.26. The summed E-state index contributed by atoms with van der Waals surface area (Å²) in [5.74, 6) is -2.57. The van der Waals surface area contributed by atoms with Crippen molar-refractivity contribution in [1.82, 2.24) is 0 Å². The molecule has 6 nitrogen and oxygen atoms in total. The molecule has 1 aromatic rings. The summed E-state index contributed by atoms with van der Waals surface area (Å²) in [4.78, 5) is 10.6. The van der Waals surface area contributed by atoms with E-state index in [1.807, 2.05) is 0 Å². The number of alkyl halides is 3. The molecule has 0 aliphatic carbocycles. The molecular weight excluding hydrogens is 293 g/mol. The fourth-order valence-electron chi connectivity index (χ4n) is 1.03. The maximum atomic E-state index is 12.1. The zero-order chi connectivity index (χ0) is 14.8. The Morgan fingerprint density at radius 1 is 1.26 bits per heavy atom. The summed E-state index contributed by atoms with van der Waals surface area (Å²) in [6.45, 7) is 0. The summed E-state index contributed by atoms with van der Waals surface area (Å²) >= 11 is 0. The Morgan fingerprint density at radius 3 is 2.26 bits per heavy atom. The van der Waals surface area contributed by atoms with Crippen LogP contribution in [0.25, 0.3) is 0 Å². The van der Waals surface area contributed by atoms with E-state index in [2.05, 4.69) is 8.92 Å². The Morgan fingerprint density at radius 2 is 1.84 bits per heavy atom. The van der Waals surface area contributed by atoms with Gasteiger partial charge in [-0.1, -0.05) is 0 Å². The van der Waals surface area contributed by atoms with Gasteiger partial charge in [-0.05, 0) is 18.2 Å². The van der Waals surface area contributed by atoms with Crippen molar-refractivity contribution < 1.29 is 40.4 Å². The van der Waals surface area contributed by atoms with Gasteiger partial charge < -0.3 is 14.0 Å². The number of halogens is 3. The second kappa shape index (κ2) is 4.96. The summed E-state index contributed by atoms with van der Waals surface area (Å²) in [7, 11) is -4.82. The van der Waals surface area contributed by atoms with Gasteiger partial charge in [-0.3, -0.25) is 0 Å². The number of rotatable bonds is 4. The van der Waals surface area contributed by atoms with Gasteiger partial charge in [0, 0.05) is 0 Å². The molecule has 1 N–H and O–H groups in total. The SMILES string of the molecule is COc1cc(C(=O)O)ccc1OS(=O)(=O)C(F)(F)F. The summed E-state index contributed by atoms with van der Waals surface area (Å²) in [6, 6.07) is 2.47. The molecular formula is C9H7F3O6S. The quantitative estimate of drug-likeness (QED) is 0.671. The van der Waals surface area contributed by atoms with E-state index in [0.29, 0.717) is 0 Å². The average molecular weight is 300 g/mol. The smallest absolute Gasteiger partial charge is 0.493 e. The lowest BCUT2D eigenvalue weighted by atomic mass is 10.2. The van der Waals surface area contributed by atoms with Gasteiger partial charge in [-0.25, -0.2) is 4.79 Å². The van der Waals surface area contributed by atoms with Crippen LogP contribution in [0.5, 0.6) is 11.5 Å². The minimum Gasteiger partial charge on any atom is -0.493 e. The minimum atomic E-state index is -5.84. The molecule has 106 valence electrons. The molecule has 19 heavy (non-hydrogen) atoms. The van der Waals surface area contributed by atoms with E-state index < -0.39 is 33.1 Å². The fraction of sp³-hybridized carbons (Fsp3) is 0.222. The van der Waals surface area contributed by atoms with Gasteiger partial charge in [0.25, 0.3) is 0 Å². The van der Waals surface area contributed by atoms with Crippen LogP contribution >= 0.6 is 0 Å². The van der Waals surface area contributed by atoms with Crippen molar-refractivity contribution in [2.24, 2.45) is 0 Å². The molecule has 0 spiro atoms. The van der Waals surface area contributed by atoms with Crippen molar-refractivity contribution in [1.29, 1.82) is 0 Å². The molecule has 0 unspecified atom stereocenters.